The summed E-state index contributed by atoms with van der Waals surface area (Å²) in [5, 5.41) is 0. The molecule has 0 heterocycles. The van der Waals surface area contributed by atoms with Crippen LogP contribution >= 0.6 is 0 Å². The third-order valence-corrected chi connectivity index (χ3v) is 4.44. The Bertz CT molecular complexity index is 515. The molecule has 0 aliphatic carbocycles. The van der Waals surface area contributed by atoms with E-state index in [1.807, 2.05) is 6.92 Å². The number of sulfonamides is 1. The lowest BCUT2D eigenvalue weighted by atomic mass is 10.1. The molecule has 6 heteroatoms. The van der Waals surface area contributed by atoms with Crippen molar-refractivity contribution in [1.82, 2.24) is 4.72 Å². The minimum Gasteiger partial charge on any atom is -0.380 e. The van der Waals surface area contributed by atoms with Gasteiger partial charge < -0.3 is 10.5 Å². The van der Waals surface area contributed by atoms with Gasteiger partial charge in [-0.05, 0) is 38.0 Å². The number of hydrogen-bond acceptors (Lipinski definition) is 4. The van der Waals surface area contributed by atoms with Crippen molar-refractivity contribution in [2.75, 3.05) is 13.2 Å². The third-order valence-electron chi connectivity index (χ3n) is 2.69. The van der Waals surface area contributed by atoms with Gasteiger partial charge in [-0.2, -0.15) is 0 Å². The lowest BCUT2D eigenvalue weighted by Crippen LogP contribution is -2.36. The fraction of sp³-hybridized carbons (Fsp3) is 0.538. The van der Waals surface area contributed by atoms with Crippen molar-refractivity contribution in [3.05, 3.63) is 29.3 Å². The van der Waals surface area contributed by atoms with Crippen LogP contribution in [0.5, 0.6) is 0 Å². The largest absolute Gasteiger partial charge is 0.380 e. The normalized spacial score (nSPS) is 13.5. The van der Waals surface area contributed by atoms with Crippen LogP contribution in [0.15, 0.2) is 23.1 Å². The van der Waals surface area contributed by atoms with Crippen molar-refractivity contribution in [1.29, 1.82) is 0 Å². The predicted molar refractivity (Wildman–Crippen MR) is 75.3 cm³/mol. The van der Waals surface area contributed by atoms with Crippen LogP contribution < -0.4 is 10.5 Å². The van der Waals surface area contributed by atoms with E-state index >= 15 is 0 Å². The van der Waals surface area contributed by atoms with Gasteiger partial charge in [-0.25, -0.2) is 13.1 Å². The summed E-state index contributed by atoms with van der Waals surface area (Å²) in [5.74, 6) is 0. The Balaban J connectivity index is 2.88. The number of ether oxygens (including phenoxy) is 1. The van der Waals surface area contributed by atoms with E-state index in [1.165, 1.54) is 0 Å². The van der Waals surface area contributed by atoms with E-state index in [4.69, 9.17) is 10.5 Å². The van der Waals surface area contributed by atoms with Gasteiger partial charge in [0.05, 0.1) is 11.5 Å². The monoisotopic (exact) mass is 286 g/mol. The first-order chi connectivity index (χ1) is 8.90. The summed E-state index contributed by atoms with van der Waals surface area (Å²) in [7, 11) is -3.52. The fourth-order valence-electron chi connectivity index (χ4n) is 1.80. The van der Waals surface area contributed by atoms with E-state index in [0.29, 0.717) is 25.3 Å². The topological polar surface area (TPSA) is 81.4 Å². The van der Waals surface area contributed by atoms with Crippen molar-refractivity contribution >= 4 is 10.0 Å². The van der Waals surface area contributed by atoms with Crippen LogP contribution in [-0.2, 0) is 21.3 Å². The molecule has 0 aromatic heterocycles. The predicted octanol–water partition coefficient (Wildman–Crippen LogP) is 1.16. The van der Waals surface area contributed by atoms with Gasteiger partial charge in [-0.1, -0.05) is 12.1 Å². The number of aryl methyl sites for hydroxylation is 1. The van der Waals surface area contributed by atoms with E-state index in [1.54, 1.807) is 32.0 Å². The van der Waals surface area contributed by atoms with Gasteiger partial charge in [0.25, 0.3) is 0 Å². The summed E-state index contributed by atoms with van der Waals surface area (Å²) in [5.41, 5.74) is 7.14. The molecule has 1 rings (SSSR count). The fourth-order valence-corrected chi connectivity index (χ4v) is 3.25. The minimum atomic E-state index is -3.52. The second-order valence-corrected chi connectivity index (χ2v) is 6.17. The van der Waals surface area contributed by atoms with Gasteiger partial charge in [0, 0.05) is 19.2 Å². The maximum Gasteiger partial charge on any atom is 0.241 e. The molecule has 19 heavy (non-hydrogen) atoms. The van der Waals surface area contributed by atoms with Gasteiger partial charge in [0.2, 0.25) is 10.0 Å². The molecule has 0 bridgehead atoms. The first-order valence-corrected chi connectivity index (χ1v) is 7.78. The van der Waals surface area contributed by atoms with Crippen molar-refractivity contribution in [3.63, 3.8) is 0 Å². The molecular weight excluding hydrogens is 264 g/mol. The van der Waals surface area contributed by atoms with E-state index < -0.39 is 10.0 Å². The molecule has 0 spiro atoms. The van der Waals surface area contributed by atoms with Crippen LogP contribution in [0.25, 0.3) is 0 Å². The zero-order chi connectivity index (χ0) is 14.5. The smallest absolute Gasteiger partial charge is 0.241 e. The highest BCUT2D eigenvalue weighted by Crippen LogP contribution is 2.16. The van der Waals surface area contributed by atoms with Crippen molar-refractivity contribution < 1.29 is 13.2 Å². The average Bonchev–Trinajstić information content (AvgIpc) is 2.35. The molecule has 0 aliphatic heterocycles. The Morgan fingerprint density at radius 1 is 1.42 bits per heavy atom. The summed E-state index contributed by atoms with van der Waals surface area (Å²) >= 11 is 0. The standard InChI is InChI=1S/C13H22N2O3S/c1-4-18-9-11(3)15-19(16,17)13-6-5-12(8-14)7-10(13)2/h5-7,11,15H,4,8-9,14H2,1-3H3. The Kier molecular flexibility index (Phi) is 5.93. The average molecular weight is 286 g/mol. The molecule has 0 aliphatic rings. The summed E-state index contributed by atoms with van der Waals surface area (Å²) in [6.07, 6.45) is 0. The lowest BCUT2D eigenvalue weighted by Gasteiger charge is -2.15. The molecule has 1 unspecified atom stereocenters. The summed E-state index contributed by atoms with van der Waals surface area (Å²) in [6, 6.07) is 4.85. The zero-order valence-corrected chi connectivity index (χ0v) is 12.5. The van der Waals surface area contributed by atoms with Gasteiger partial charge in [0.1, 0.15) is 0 Å². The molecule has 0 saturated heterocycles. The summed E-state index contributed by atoms with van der Waals surface area (Å²) in [6.45, 7) is 6.73. The Hall–Kier alpha value is -0.950. The molecular formula is C13H22N2O3S. The number of benzene rings is 1. The molecule has 5 nitrogen and oxygen atoms in total. The molecule has 1 aromatic rings. The van der Waals surface area contributed by atoms with E-state index in [0.717, 1.165) is 5.56 Å². The van der Waals surface area contributed by atoms with Gasteiger partial charge in [0.15, 0.2) is 0 Å². The quantitative estimate of drug-likeness (QED) is 0.788. The third kappa shape index (κ3) is 4.58. The number of rotatable bonds is 7. The second kappa shape index (κ2) is 7.00. The highest BCUT2D eigenvalue weighted by Gasteiger charge is 2.19. The maximum absolute atomic E-state index is 12.2. The summed E-state index contributed by atoms with van der Waals surface area (Å²) in [4.78, 5) is 0.285. The van der Waals surface area contributed by atoms with Crippen LogP contribution in [0.3, 0.4) is 0 Å². The van der Waals surface area contributed by atoms with E-state index in [-0.39, 0.29) is 10.9 Å². The van der Waals surface area contributed by atoms with Crippen LogP contribution in [0.4, 0.5) is 0 Å². The van der Waals surface area contributed by atoms with Crippen molar-refractivity contribution in [2.24, 2.45) is 5.73 Å². The number of hydrogen-bond donors (Lipinski definition) is 2. The molecule has 0 amide bonds. The highest BCUT2D eigenvalue weighted by molar-refractivity contribution is 7.89. The SMILES string of the molecule is CCOCC(C)NS(=O)(=O)c1ccc(CN)cc1C. The summed E-state index contributed by atoms with van der Waals surface area (Å²) < 4.78 is 32.3. The Morgan fingerprint density at radius 3 is 2.63 bits per heavy atom. The molecule has 108 valence electrons. The van der Waals surface area contributed by atoms with Crippen LogP contribution in [0, 0.1) is 6.92 Å². The van der Waals surface area contributed by atoms with Crippen molar-refractivity contribution in [2.45, 2.75) is 38.3 Å². The Morgan fingerprint density at radius 2 is 2.11 bits per heavy atom. The number of nitrogens with two attached hydrogens (primary N) is 1. The molecule has 3 N–H and O–H groups in total. The molecule has 0 fully saturated rings. The molecule has 1 atom stereocenters. The first kappa shape index (κ1) is 16.1. The van der Waals surface area contributed by atoms with Gasteiger partial charge >= 0.3 is 0 Å². The number of nitrogens with one attached hydrogen (secondary N) is 1. The van der Waals surface area contributed by atoms with E-state index in [9.17, 15) is 8.42 Å². The zero-order valence-electron chi connectivity index (χ0n) is 11.6. The van der Waals surface area contributed by atoms with Crippen LogP contribution in [0.1, 0.15) is 25.0 Å². The molecule has 1 aromatic carbocycles. The second-order valence-electron chi connectivity index (χ2n) is 4.49. The molecule has 0 radical (unpaired) electrons. The lowest BCUT2D eigenvalue weighted by molar-refractivity contribution is 0.133. The first-order valence-electron chi connectivity index (χ1n) is 6.30. The minimum absolute atomic E-state index is 0.265. The molecule has 0 saturated carbocycles. The Labute approximate surface area is 115 Å². The van der Waals surface area contributed by atoms with Gasteiger partial charge in [-0.3, -0.25) is 0 Å². The van der Waals surface area contributed by atoms with Crippen LogP contribution in [-0.4, -0.2) is 27.7 Å². The maximum atomic E-state index is 12.2. The van der Waals surface area contributed by atoms with Crippen molar-refractivity contribution in [3.8, 4) is 0 Å². The van der Waals surface area contributed by atoms with Gasteiger partial charge in [-0.15, -0.1) is 0 Å². The van der Waals surface area contributed by atoms with Crippen LogP contribution in [0.2, 0.25) is 0 Å². The highest BCUT2D eigenvalue weighted by atomic mass is 32.2. The van der Waals surface area contributed by atoms with E-state index in [2.05, 4.69) is 4.72 Å².